The van der Waals surface area contributed by atoms with Crippen LogP contribution in [0.4, 0.5) is 4.79 Å². The Morgan fingerprint density at radius 3 is 2.61 bits per heavy atom. The number of rotatable bonds is 7. The molecule has 1 saturated carbocycles. The van der Waals surface area contributed by atoms with E-state index in [1.807, 2.05) is 13.8 Å². The highest BCUT2D eigenvalue weighted by atomic mass is 35.5. The van der Waals surface area contributed by atoms with Crippen molar-refractivity contribution in [1.82, 2.24) is 20.9 Å². The number of halogens is 1. The number of hydrogen-bond acceptors (Lipinski definition) is 4. The predicted molar refractivity (Wildman–Crippen MR) is 89.5 cm³/mol. The van der Waals surface area contributed by atoms with Gasteiger partial charge in [0.1, 0.15) is 5.54 Å². The highest BCUT2D eigenvalue weighted by Gasteiger charge is 2.52. The molecule has 0 unspecified atom stereocenters. The number of carbonyl (C=O) groups excluding carboxylic acids is 3. The largest absolute Gasteiger partial charge is 0.354 e. The molecule has 1 heterocycles. The lowest BCUT2D eigenvalue weighted by Crippen LogP contribution is -2.44. The van der Waals surface area contributed by atoms with Gasteiger partial charge in [-0.05, 0) is 26.3 Å². The third kappa shape index (κ3) is 4.57. The Morgan fingerprint density at radius 2 is 2.00 bits per heavy atom. The minimum atomic E-state index is -0.687. The lowest BCUT2D eigenvalue weighted by atomic mass is 9.98. The van der Waals surface area contributed by atoms with E-state index >= 15 is 0 Å². The normalized spacial score (nSPS) is 20.3. The fraction of sp³-hybridized carbons (Fsp3) is 0.800. The Labute approximate surface area is 143 Å². The summed E-state index contributed by atoms with van der Waals surface area (Å²) in [5, 5.41) is 8.83. The van der Waals surface area contributed by atoms with Gasteiger partial charge >= 0.3 is 6.03 Å². The second-order valence-electron chi connectivity index (χ2n) is 6.19. The van der Waals surface area contributed by atoms with Gasteiger partial charge < -0.3 is 16.0 Å². The first kappa shape index (κ1) is 19.7. The van der Waals surface area contributed by atoms with Crippen molar-refractivity contribution < 1.29 is 14.4 Å². The summed E-state index contributed by atoms with van der Waals surface area (Å²) >= 11 is 0. The number of nitrogens with one attached hydrogen (secondary N) is 3. The van der Waals surface area contributed by atoms with Gasteiger partial charge in [-0.2, -0.15) is 0 Å². The van der Waals surface area contributed by atoms with E-state index in [1.165, 1.54) is 4.90 Å². The monoisotopic (exact) mass is 346 g/mol. The summed E-state index contributed by atoms with van der Waals surface area (Å²) in [6.07, 6.45) is 3.49. The predicted octanol–water partition coefficient (Wildman–Crippen LogP) is 0.777. The quantitative estimate of drug-likeness (QED) is 0.594. The Morgan fingerprint density at radius 1 is 1.35 bits per heavy atom. The van der Waals surface area contributed by atoms with Crippen LogP contribution in [0.3, 0.4) is 0 Å². The van der Waals surface area contributed by atoms with E-state index in [-0.39, 0.29) is 49.3 Å². The Hall–Kier alpha value is -1.34. The van der Waals surface area contributed by atoms with Crippen molar-refractivity contribution in [3.05, 3.63) is 0 Å². The molecule has 0 radical (unpaired) electrons. The van der Waals surface area contributed by atoms with Crippen LogP contribution in [-0.4, -0.2) is 54.0 Å². The van der Waals surface area contributed by atoms with E-state index in [1.54, 1.807) is 0 Å². The molecule has 1 saturated heterocycles. The maximum absolute atomic E-state index is 12.4. The highest BCUT2D eigenvalue weighted by molar-refractivity contribution is 6.07. The summed E-state index contributed by atoms with van der Waals surface area (Å²) < 4.78 is 0. The van der Waals surface area contributed by atoms with Crippen molar-refractivity contribution in [1.29, 1.82) is 0 Å². The van der Waals surface area contributed by atoms with Crippen LogP contribution in [0.1, 0.15) is 46.0 Å². The number of urea groups is 1. The van der Waals surface area contributed by atoms with Crippen LogP contribution < -0.4 is 16.0 Å². The third-order valence-corrected chi connectivity index (χ3v) is 4.42. The molecule has 2 rings (SSSR count). The number of likely N-dealkylation sites (N-methyl/N-ethyl adjacent to an activating group) is 1. The molecule has 1 aliphatic heterocycles. The van der Waals surface area contributed by atoms with Gasteiger partial charge in [0.25, 0.3) is 5.91 Å². The summed E-state index contributed by atoms with van der Waals surface area (Å²) in [6.45, 7) is 5.53. The molecular weight excluding hydrogens is 320 g/mol. The molecule has 2 aliphatic rings. The van der Waals surface area contributed by atoms with E-state index in [9.17, 15) is 14.4 Å². The summed E-state index contributed by atoms with van der Waals surface area (Å²) in [7, 11) is 0. The van der Waals surface area contributed by atoms with E-state index in [0.29, 0.717) is 19.4 Å². The van der Waals surface area contributed by atoms with Gasteiger partial charge in [0, 0.05) is 25.6 Å². The minimum Gasteiger partial charge on any atom is -0.354 e. The van der Waals surface area contributed by atoms with Gasteiger partial charge in [0.05, 0.1) is 0 Å². The van der Waals surface area contributed by atoms with Crippen LogP contribution in [0.15, 0.2) is 0 Å². The minimum absolute atomic E-state index is 0. The van der Waals surface area contributed by atoms with Crippen molar-refractivity contribution >= 4 is 30.3 Å². The molecule has 3 N–H and O–H groups in total. The fourth-order valence-electron chi connectivity index (χ4n) is 3.19. The zero-order chi connectivity index (χ0) is 16.2. The average molecular weight is 347 g/mol. The molecule has 23 heavy (non-hydrogen) atoms. The van der Waals surface area contributed by atoms with E-state index in [4.69, 9.17) is 0 Å². The van der Waals surface area contributed by atoms with E-state index in [2.05, 4.69) is 16.0 Å². The summed E-state index contributed by atoms with van der Waals surface area (Å²) in [5.74, 6) is -0.304. The highest BCUT2D eigenvalue weighted by Crippen LogP contribution is 2.34. The first-order valence-corrected chi connectivity index (χ1v) is 8.12. The first-order chi connectivity index (χ1) is 10.5. The molecular formula is C15H27ClN4O3. The van der Waals surface area contributed by atoms with Gasteiger partial charge in [-0.3, -0.25) is 14.5 Å². The van der Waals surface area contributed by atoms with Crippen molar-refractivity contribution in [3.63, 3.8) is 0 Å². The fourth-order valence-corrected chi connectivity index (χ4v) is 3.19. The van der Waals surface area contributed by atoms with Gasteiger partial charge in [0.2, 0.25) is 5.91 Å². The van der Waals surface area contributed by atoms with Gasteiger partial charge in [0.15, 0.2) is 0 Å². The molecule has 0 aromatic heterocycles. The maximum Gasteiger partial charge on any atom is 0.325 e. The molecule has 1 atom stereocenters. The van der Waals surface area contributed by atoms with E-state index < -0.39 is 5.54 Å². The maximum atomic E-state index is 12.4. The van der Waals surface area contributed by atoms with Crippen LogP contribution >= 0.6 is 12.4 Å². The van der Waals surface area contributed by atoms with Crippen molar-refractivity contribution in [2.45, 2.75) is 57.5 Å². The van der Waals surface area contributed by atoms with Crippen LogP contribution in [0.2, 0.25) is 0 Å². The molecule has 2 fully saturated rings. The number of amides is 4. The molecule has 0 aromatic rings. The molecule has 0 bridgehead atoms. The zero-order valence-electron chi connectivity index (χ0n) is 13.8. The van der Waals surface area contributed by atoms with Crippen molar-refractivity contribution in [2.24, 2.45) is 0 Å². The second-order valence-corrected chi connectivity index (χ2v) is 6.19. The SMILES string of the molecule is CCN[C@H](C)CNC(=O)CCN1C(=O)NC2(CCCC2)C1=O.Cl. The smallest absolute Gasteiger partial charge is 0.325 e. The molecule has 1 aliphatic carbocycles. The Kier molecular flexibility index (Phi) is 7.28. The Balaban J connectivity index is 0.00000264. The van der Waals surface area contributed by atoms with Crippen LogP contribution in [0, 0.1) is 0 Å². The molecule has 4 amide bonds. The number of imide groups is 1. The van der Waals surface area contributed by atoms with Crippen LogP contribution in [-0.2, 0) is 9.59 Å². The standard InChI is InChI=1S/C15H26N4O3.ClH/c1-3-16-11(2)10-17-12(20)6-9-19-13(21)15(18-14(19)22)7-4-5-8-15;/h11,16H,3-10H2,1-2H3,(H,17,20)(H,18,22);1H/t11-;/m1./s1. The van der Waals surface area contributed by atoms with Crippen LogP contribution in [0.5, 0.6) is 0 Å². The zero-order valence-corrected chi connectivity index (χ0v) is 14.6. The molecule has 132 valence electrons. The van der Waals surface area contributed by atoms with Crippen LogP contribution in [0.25, 0.3) is 0 Å². The molecule has 1 spiro atoms. The topological polar surface area (TPSA) is 90.5 Å². The van der Waals surface area contributed by atoms with E-state index in [0.717, 1.165) is 19.4 Å². The first-order valence-electron chi connectivity index (χ1n) is 8.12. The van der Waals surface area contributed by atoms with Crippen molar-refractivity contribution in [3.8, 4) is 0 Å². The van der Waals surface area contributed by atoms with Crippen molar-refractivity contribution in [2.75, 3.05) is 19.6 Å². The number of hydrogen-bond donors (Lipinski definition) is 3. The molecule has 8 heteroatoms. The van der Waals surface area contributed by atoms with Gasteiger partial charge in [-0.1, -0.05) is 19.8 Å². The Bertz CT molecular complexity index is 452. The molecule has 7 nitrogen and oxygen atoms in total. The average Bonchev–Trinajstić information content (AvgIpc) is 3.03. The van der Waals surface area contributed by atoms with Gasteiger partial charge in [-0.15, -0.1) is 12.4 Å². The lowest BCUT2D eigenvalue weighted by molar-refractivity contribution is -0.131. The third-order valence-electron chi connectivity index (χ3n) is 4.42. The second kappa shape index (κ2) is 8.49. The lowest BCUT2D eigenvalue weighted by Gasteiger charge is -2.20. The summed E-state index contributed by atoms with van der Waals surface area (Å²) in [5.41, 5.74) is -0.687. The number of nitrogens with zero attached hydrogens (tertiary/aromatic N) is 1. The van der Waals surface area contributed by atoms with Gasteiger partial charge in [-0.25, -0.2) is 4.79 Å². The summed E-state index contributed by atoms with van der Waals surface area (Å²) in [6, 6.07) is -0.159. The number of carbonyl (C=O) groups is 3. The summed E-state index contributed by atoms with van der Waals surface area (Å²) in [4.78, 5) is 37.4. The molecule has 0 aromatic carbocycles.